The number of pyridine rings is 1. The Kier molecular flexibility index (Phi) is 3.64. The molecule has 4 nitrogen and oxygen atoms in total. The number of nitrogens with one attached hydrogen (secondary N) is 1. The van der Waals surface area contributed by atoms with Crippen LogP contribution in [0.2, 0.25) is 0 Å². The van der Waals surface area contributed by atoms with Gasteiger partial charge in [0.15, 0.2) is 0 Å². The number of H-pyrrole nitrogens is 1. The zero-order chi connectivity index (χ0) is 14.0. The quantitative estimate of drug-likeness (QED) is 0.848. The van der Waals surface area contributed by atoms with Crippen LogP contribution in [0.4, 0.5) is 13.2 Å². The number of carbonyl (C=O) groups excluding carboxylic acids is 1. The minimum absolute atomic E-state index is 0.0653. The Morgan fingerprint density at radius 2 is 1.95 bits per heavy atom. The lowest BCUT2D eigenvalue weighted by Crippen LogP contribution is -2.42. The molecule has 1 aromatic rings. The molecule has 0 spiro atoms. The predicted octanol–water partition coefficient (Wildman–Crippen LogP) is 1.79. The van der Waals surface area contributed by atoms with E-state index in [1.165, 1.54) is 17.2 Å². The van der Waals surface area contributed by atoms with Crippen LogP contribution in [0.1, 0.15) is 23.2 Å². The largest absolute Gasteiger partial charge is 0.391 e. The zero-order valence-electron chi connectivity index (χ0n) is 10.0. The highest BCUT2D eigenvalue weighted by atomic mass is 19.4. The molecule has 7 heteroatoms. The van der Waals surface area contributed by atoms with Crippen molar-refractivity contribution in [2.75, 3.05) is 13.1 Å². The Morgan fingerprint density at radius 1 is 1.32 bits per heavy atom. The first-order valence-electron chi connectivity index (χ1n) is 5.92. The van der Waals surface area contributed by atoms with Crippen molar-refractivity contribution in [1.29, 1.82) is 0 Å². The van der Waals surface area contributed by atoms with Crippen molar-refractivity contribution >= 4 is 5.91 Å². The topological polar surface area (TPSA) is 53.2 Å². The molecule has 0 atom stereocenters. The molecule has 1 N–H and O–H groups in total. The SMILES string of the molecule is O=C(c1cc[nH]c(=O)c1)N1CCC(C(F)(F)F)CC1. The highest BCUT2D eigenvalue weighted by Crippen LogP contribution is 2.34. The van der Waals surface area contributed by atoms with Crippen molar-refractivity contribution in [3.05, 3.63) is 34.2 Å². The number of halogens is 3. The van der Waals surface area contributed by atoms with Gasteiger partial charge < -0.3 is 9.88 Å². The maximum Gasteiger partial charge on any atom is 0.391 e. The smallest absolute Gasteiger partial charge is 0.339 e. The minimum atomic E-state index is -4.20. The van der Waals surface area contributed by atoms with E-state index >= 15 is 0 Å². The summed E-state index contributed by atoms with van der Waals surface area (Å²) in [5.41, 5.74) is -0.203. The molecular weight excluding hydrogens is 261 g/mol. The van der Waals surface area contributed by atoms with Crippen LogP contribution in [0, 0.1) is 5.92 Å². The van der Waals surface area contributed by atoms with Gasteiger partial charge in [-0.25, -0.2) is 0 Å². The van der Waals surface area contributed by atoms with Crippen molar-refractivity contribution in [1.82, 2.24) is 9.88 Å². The first-order valence-corrected chi connectivity index (χ1v) is 5.92. The highest BCUT2D eigenvalue weighted by molar-refractivity contribution is 5.94. The molecule has 0 saturated carbocycles. The molecule has 1 aliphatic rings. The number of aromatic nitrogens is 1. The molecule has 1 aliphatic heterocycles. The molecular formula is C12H13F3N2O2. The lowest BCUT2D eigenvalue weighted by atomic mass is 9.96. The van der Waals surface area contributed by atoms with Gasteiger partial charge in [0.2, 0.25) is 5.56 Å². The Morgan fingerprint density at radius 3 is 2.47 bits per heavy atom. The molecule has 1 saturated heterocycles. The summed E-state index contributed by atoms with van der Waals surface area (Å²) < 4.78 is 37.5. The average molecular weight is 274 g/mol. The molecule has 0 bridgehead atoms. The van der Waals surface area contributed by atoms with Crippen LogP contribution in [0.5, 0.6) is 0 Å². The van der Waals surface area contributed by atoms with E-state index in [4.69, 9.17) is 0 Å². The first-order chi connectivity index (χ1) is 8.88. The molecule has 1 aromatic heterocycles. The summed E-state index contributed by atoms with van der Waals surface area (Å²) in [5, 5.41) is 0. The number of aromatic amines is 1. The van der Waals surface area contributed by atoms with Crippen LogP contribution < -0.4 is 5.56 Å². The normalized spacial score (nSPS) is 17.5. The molecule has 2 rings (SSSR count). The van der Waals surface area contributed by atoms with E-state index < -0.39 is 23.6 Å². The van der Waals surface area contributed by atoms with Crippen molar-refractivity contribution < 1.29 is 18.0 Å². The van der Waals surface area contributed by atoms with Gasteiger partial charge in [0.1, 0.15) is 0 Å². The van der Waals surface area contributed by atoms with E-state index in [0.29, 0.717) is 0 Å². The summed E-state index contributed by atoms with van der Waals surface area (Å²) in [6.45, 7) is 0.131. The molecule has 1 amide bonds. The minimum Gasteiger partial charge on any atom is -0.339 e. The van der Waals surface area contributed by atoms with Crippen molar-refractivity contribution in [3.63, 3.8) is 0 Å². The average Bonchev–Trinajstić information content (AvgIpc) is 2.37. The fraction of sp³-hybridized carbons (Fsp3) is 0.500. The summed E-state index contributed by atoms with van der Waals surface area (Å²) in [4.78, 5) is 26.8. The lowest BCUT2D eigenvalue weighted by molar-refractivity contribution is -0.183. The number of likely N-dealkylation sites (tertiary alicyclic amines) is 1. The zero-order valence-corrected chi connectivity index (χ0v) is 10.0. The number of carbonyl (C=O) groups is 1. The highest BCUT2D eigenvalue weighted by Gasteiger charge is 2.41. The van der Waals surface area contributed by atoms with Crippen LogP contribution in [0.25, 0.3) is 0 Å². The standard InChI is InChI=1S/C12H13F3N2O2/c13-12(14,15)9-2-5-17(6-3-9)11(19)8-1-4-16-10(18)7-8/h1,4,7,9H,2-3,5-6H2,(H,16,18). The first kappa shape index (κ1) is 13.6. The monoisotopic (exact) mass is 274 g/mol. The lowest BCUT2D eigenvalue weighted by Gasteiger charge is -2.32. The maximum atomic E-state index is 12.5. The third-order valence-corrected chi connectivity index (χ3v) is 3.27. The van der Waals surface area contributed by atoms with Gasteiger partial charge in [-0.1, -0.05) is 0 Å². The Balaban J connectivity index is 2.02. The van der Waals surface area contributed by atoms with Gasteiger partial charge in [-0.2, -0.15) is 13.2 Å². The Bertz CT molecular complexity index is 516. The van der Waals surface area contributed by atoms with E-state index in [1.807, 2.05) is 0 Å². The molecule has 0 radical (unpaired) electrons. The second-order valence-electron chi connectivity index (χ2n) is 4.55. The van der Waals surface area contributed by atoms with Crippen LogP contribution in [-0.4, -0.2) is 35.1 Å². The van der Waals surface area contributed by atoms with Crippen LogP contribution in [0.15, 0.2) is 23.1 Å². The number of hydrogen-bond donors (Lipinski definition) is 1. The summed E-state index contributed by atoms with van der Waals surface area (Å²) in [5.74, 6) is -1.73. The van der Waals surface area contributed by atoms with E-state index in [9.17, 15) is 22.8 Å². The van der Waals surface area contributed by atoms with Gasteiger partial charge in [-0.3, -0.25) is 9.59 Å². The van der Waals surface area contributed by atoms with Crippen LogP contribution >= 0.6 is 0 Å². The number of rotatable bonds is 1. The van der Waals surface area contributed by atoms with Gasteiger partial charge in [0.25, 0.3) is 5.91 Å². The number of amides is 1. The molecule has 0 aliphatic carbocycles. The fourth-order valence-corrected chi connectivity index (χ4v) is 2.17. The second kappa shape index (κ2) is 5.07. The third-order valence-electron chi connectivity index (χ3n) is 3.27. The molecule has 0 unspecified atom stereocenters. The summed E-state index contributed by atoms with van der Waals surface area (Å²) >= 11 is 0. The second-order valence-corrected chi connectivity index (χ2v) is 4.55. The number of alkyl halides is 3. The van der Waals surface area contributed by atoms with Crippen molar-refractivity contribution in [2.24, 2.45) is 5.92 Å². The summed E-state index contributed by atoms with van der Waals surface area (Å²) in [6.07, 6.45) is -3.02. The van der Waals surface area contributed by atoms with Crippen molar-refractivity contribution in [3.8, 4) is 0 Å². The predicted molar refractivity (Wildman–Crippen MR) is 61.7 cm³/mol. The van der Waals surface area contributed by atoms with Crippen molar-refractivity contribution in [2.45, 2.75) is 19.0 Å². The van der Waals surface area contributed by atoms with E-state index in [-0.39, 0.29) is 31.5 Å². The molecule has 19 heavy (non-hydrogen) atoms. The van der Waals surface area contributed by atoms with Gasteiger partial charge in [-0.15, -0.1) is 0 Å². The number of hydrogen-bond acceptors (Lipinski definition) is 2. The maximum absolute atomic E-state index is 12.5. The molecule has 2 heterocycles. The van der Waals surface area contributed by atoms with Gasteiger partial charge in [0, 0.05) is 30.9 Å². The summed E-state index contributed by atoms with van der Waals surface area (Å²) in [7, 11) is 0. The number of nitrogens with zero attached hydrogens (tertiary/aromatic N) is 1. The van der Waals surface area contributed by atoms with E-state index in [2.05, 4.69) is 4.98 Å². The van der Waals surface area contributed by atoms with Crippen LogP contribution in [0.3, 0.4) is 0 Å². The van der Waals surface area contributed by atoms with Crippen LogP contribution in [-0.2, 0) is 0 Å². The molecule has 1 fully saturated rings. The Hall–Kier alpha value is -1.79. The van der Waals surface area contributed by atoms with E-state index in [0.717, 1.165) is 6.07 Å². The van der Waals surface area contributed by atoms with E-state index in [1.54, 1.807) is 0 Å². The fourth-order valence-electron chi connectivity index (χ4n) is 2.17. The van der Waals surface area contributed by atoms with Gasteiger partial charge >= 0.3 is 6.18 Å². The summed E-state index contributed by atoms with van der Waals surface area (Å²) in [6, 6.07) is 2.60. The van der Waals surface area contributed by atoms with Gasteiger partial charge in [0.05, 0.1) is 5.92 Å². The molecule has 104 valence electrons. The number of piperidine rings is 1. The Labute approximate surface area is 107 Å². The third kappa shape index (κ3) is 3.15. The molecule has 0 aromatic carbocycles. The van der Waals surface area contributed by atoms with Gasteiger partial charge in [-0.05, 0) is 18.9 Å².